The van der Waals surface area contributed by atoms with Crippen molar-refractivity contribution in [1.82, 2.24) is 14.5 Å². The third kappa shape index (κ3) is 3.36. The average molecular weight is 363 g/mol. The summed E-state index contributed by atoms with van der Waals surface area (Å²) in [5, 5.41) is 15.1. The maximum absolute atomic E-state index is 12.8. The zero-order chi connectivity index (χ0) is 18.4. The molecule has 0 saturated heterocycles. The fourth-order valence-corrected chi connectivity index (χ4v) is 5.16. The van der Waals surface area contributed by atoms with Gasteiger partial charge in [-0.05, 0) is 38.8 Å². The number of fused-ring (bicyclic) bond motifs is 1. The zero-order valence-corrected chi connectivity index (χ0v) is 15.9. The normalized spacial score (nSPS) is 16.4. The van der Waals surface area contributed by atoms with Crippen molar-refractivity contribution in [3.63, 3.8) is 0 Å². The molecule has 0 radical (unpaired) electrons. The lowest BCUT2D eigenvalue weighted by Crippen LogP contribution is -2.43. The van der Waals surface area contributed by atoms with Gasteiger partial charge in [-0.1, -0.05) is 24.3 Å². The van der Waals surface area contributed by atoms with Crippen molar-refractivity contribution in [2.45, 2.75) is 57.1 Å². The molecular weight excluding hydrogens is 338 g/mol. The van der Waals surface area contributed by atoms with Gasteiger partial charge in [0.1, 0.15) is 4.90 Å². The number of hydrogen-bond acceptors (Lipinski definition) is 4. The minimum Gasteiger partial charge on any atom is -0.388 e. The standard InChI is InChI=1S/C18H25N3O3S/c1-12(2)21-14(4)17(13(3)20-21)25(23,24)19-11-18(22)9-15-7-5-6-8-16(15)10-18/h5-8,12,19,22H,9-11H2,1-4H3. The van der Waals surface area contributed by atoms with Crippen LogP contribution in [0.3, 0.4) is 0 Å². The van der Waals surface area contributed by atoms with Crippen LogP contribution in [0.4, 0.5) is 0 Å². The van der Waals surface area contributed by atoms with Gasteiger partial charge in [-0.3, -0.25) is 4.68 Å². The molecular formula is C18H25N3O3S. The number of rotatable bonds is 5. The first-order valence-corrected chi connectivity index (χ1v) is 9.96. The molecule has 25 heavy (non-hydrogen) atoms. The van der Waals surface area contributed by atoms with Gasteiger partial charge in [0.05, 0.1) is 17.0 Å². The molecule has 1 aromatic carbocycles. The third-order valence-corrected chi connectivity index (χ3v) is 6.42. The number of sulfonamides is 1. The Hall–Kier alpha value is -1.70. The fourth-order valence-electron chi connectivity index (χ4n) is 3.64. The van der Waals surface area contributed by atoms with Crippen molar-refractivity contribution < 1.29 is 13.5 Å². The van der Waals surface area contributed by atoms with Crippen molar-refractivity contribution in [3.05, 3.63) is 46.8 Å². The lowest BCUT2D eigenvalue weighted by atomic mass is 10.0. The van der Waals surface area contributed by atoms with Crippen LogP contribution in [0.2, 0.25) is 0 Å². The molecule has 0 aliphatic heterocycles. The highest BCUT2D eigenvalue weighted by Crippen LogP contribution is 2.30. The van der Waals surface area contributed by atoms with Gasteiger partial charge in [0.2, 0.25) is 10.0 Å². The molecule has 1 heterocycles. The summed E-state index contributed by atoms with van der Waals surface area (Å²) in [5.74, 6) is 0. The van der Waals surface area contributed by atoms with Crippen LogP contribution in [0.15, 0.2) is 29.2 Å². The second-order valence-corrected chi connectivity index (χ2v) is 8.91. The van der Waals surface area contributed by atoms with Crippen LogP contribution in [0.25, 0.3) is 0 Å². The Morgan fingerprint density at radius 3 is 2.28 bits per heavy atom. The van der Waals surface area contributed by atoms with Gasteiger partial charge in [0.15, 0.2) is 0 Å². The molecule has 2 N–H and O–H groups in total. The van der Waals surface area contributed by atoms with E-state index in [1.54, 1.807) is 18.5 Å². The number of nitrogens with one attached hydrogen (secondary N) is 1. The van der Waals surface area contributed by atoms with E-state index in [9.17, 15) is 13.5 Å². The Morgan fingerprint density at radius 2 is 1.80 bits per heavy atom. The first-order chi connectivity index (χ1) is 11.6. The number of hydrogen-bond donors (Lipinski definition) is 2. The Morgan fingerprint density at radius 1 is 1.24 bits per heavy atom. The summed E-state index contributed by atoms with van der Waals surface area (Å²) in [6.07, 6.45) is 0.907. The summed E-state index contributed by atoms with van der Waals surface area (Å²) < 4.78 is 29.9. The van der Waals surface area contributed by atoms with E-state index >= 15 is 0 Å². The predicted octanol–water partition coefficient (Wildman–Crippen LogP) is 1.89. The number of nitrogens with zero attached hydrogens (tertiary/aromatic N) is 2. The van der Waals surface area contributed by atoms with E-state index in [-0.39, 0.29) is 17.5 Å². The monoisotopic (exact) mass is 363 g/mol. The molecule has 1 aliphatic rings. The fraction of sp³-hybridized carbons (Fsp3) is 0.500. The maximum atomic E-state index is 12.8. The van der Waals surface area contributed by atoms with Gasteiger partial charge in [-0.15, -0.1) is 0 Å². The van der Waals surface area contributed by atoms with Gasteiger partial charge in [-0.2, -0.15) is 5.10 Å². The molecule has 0 atom stereocenters. The topological polar surface area (TPSA) is 84.2 Å². The van der Waals surface area contributed by atoms with Gasteiger partial charge in [0.25, 0.3) is 0 Å². The highest BCUT2D eigenvalue weighted by molar-refractivity contribution is 7.89. The smallest absolute Gasteiger partial charge is 0.244 e. The average Bonchev–Trinajstić information content (AvgIpc) is 3.02. The van der Waals surface area contributed by atoms with Crippen LogP contribution in [0.5, 0.6) is 0 Å². The van der Waals surface area contributed by atoms with E-state index in [2.05, 4.69) is 9.82 Å². The van der Waals surface area contributed by atoms with Gasteiger partial charge in [-0.25, -0.2) is 13.1 Å². The van der Waals surface area contributed by atoms with E-state index in [0.29, 0.717) is 24.2 Å². The van der Waals surface area contributed by atoms with E-state index in [4.69, 9.17) is 0 Å². The molecule has 136 valence electrons. The largest absolute Gasteiger partial charge is 0.388 e. The van der Waals surface area contributed by atoms with Crippen LogP contribution in [0, 0.1) is 13.8 Å². The summed E-state index contributed by atoms with van der Waals surface area (Å²) in [7, 11) is -3.74. The molecule has 1 aliphatic carbocycles. The van der Waals surface area contributed by atoms with Crippen LogP contribution < -0.4 is 4.72 Å². The molecule has 3 rings (SSSR count). The summed E-state index contributed by atoms with van der Waals surface area (Å²) in [5.41, 5.74) is 2.14. The van der Waals surface area contributed by atoms with Gasteiger partial charge >= 0.3 is 0 Å². The van der Waals surface area contributed by atoms with Crippen LogP contribution in [-0.4, -0.2) is 35.5 Å². The Balaban J connectivity index is 1.80. The van der Waals surface area contributed by atoms with Gasteiger partial charge < -0.3 is 5.11 Å². The van der Waals surface area contributed by atoms with Crippen LogP contribution in [-0.2, 0) is 22.9 Å². The SMILES string of the molecule is Cc1nn(C(C)C)c(C)c1S(=O)(=O)NCC1(O)Cc2ccccc2C1. The molecule has 7 heteroatoms. The lowest BCUT2D eigenvalue weighted by Gasteiger charge is -2.22. The van der Waals surface area contributed by atoms with Crippen molar-refractivity contribution in [2.24, 2.45) is 0 Å². The molecule has 0 unspecified atom stereocenters. The van der Waals surface area contributed by atoms with Crippen molar-refractivity contribution in [1.29, 1.82) is 0 Å². The van der Waals surface area contributed by atoms with E-state index in [1.165, 1.54) is 0 Å². The summed E-state index contributed by atoms with van der Waals surface area (Å²) in [6, 6.07) is 7.89. The van der Waals surface area contributed by atoms with E-state index in [0.717, 1.165) is 11.1 Å². The number of aliphatic hydroxyl groups is 1. The summed E-state index contributed by atoms with van der Waals surface area (Å²) >= 11 is 0. The highest BCUT2D eigenvalue weighted by atomic mass is 32.2. The Kier molecular flexibility index (Phi) is 4.51. The minimum atomic E-state index is -3.74. The lowest BCUT2D eigenvalue weighted by molar-refractivity contribution is 0.0567. The van der Waals surface area contributed by atoms with Gasteiger partial charge in [0, 0.05) is 25.4 Å². The van der Waals surface area contributed by atoms with Crippen LogP contribution >= 0.6 is 0 Å². The maximum Gasteiger partial charge on any atom is 0.244 e. The molecule has 0 fully saturated rings. The zero-order valence-electron chi connectivity index (χ0n) is 15.1. The first kappa shape index (κ1) is 18.1. The Bertz CT molecular complexity index is 875. The molecule has 1 aromatic heterocycles. The van der Waals surface area contributed by atoms with E-state index < -0.39 is 15.6 Å². The quantitative estimate of drug-likeness (QED) is 0.850. The molecule has 0 bridgehead atoms. The molecule has 0 saturated carbocycles. The predicted molar refractivity (Wildman–Crippen MR) is 96.1 cm³/mol. The number of benzene rings is 1. The Labute approximate surface area is 148 Å². The summed E-state index contributed by atoms with van der Waals surface area (Å²) in [4.78, 5) is 0.209. The molecule has 0 spiro atoms. The van der Waals surface area contributed by atoms with Crippen LogP contribution in [0.1, 0.15) is 42.4 Å². The first-order valence-electron chi connectivity index (χ1n) is 8.47. The van der Waals surface area contributed by atoms with Crippen molar-refractivity contribution >= 4 is 10.0 Å². The summed E-state index contributed by atoms with van der Waals surface area (Å²) in [6.45, 7) is 7.36. The molecule has 6 nitrogen and oxygen atoms in total. The molecule has 2 aromatic rings. The third-order valence-electron chi connectivity index (χ3n) is 4.77. The molecule has 0 amide bonds. The van der Waals surface area contributed by atoms with Crippen molar-refractivity contribution in [3.8, 4) is 0 Å². The number of aryl methyl sites for hydroxylation is 1. The van der Waals surface area contributed by atoms with Crippen molar-refractivity contribution in [2.75, 3.05) is 6.54 Å². The number of aromatic nitrogens is 2. The second-order valence-electron chi connectivity index (χ2n) is 7.21. The second kappa shape index (κ2) is 6.23. The van der Waals surface area contributed by atoms with E-state index in [1.807, 2.05) is 38.1 Å². The minimum absolute atomic E-state index is 0.0181. The highest BCUT2D eigenvalue weighted by Gasteiger charge is 2.37.